The number of hydrogen-bond acceptors (Lipinski definition) is 2. The fraction of sp³-hybridized carbons (Fsp3) is 0.118. The van der Waals surface area contributed by atoms with E-state index in [9.17, 15) is 9.18 Å². The first-order valence-corrected chi connectivity index (χ1v) is 6.99. The summed E-state index contributed by atoms with van der Waals surface area (Å²) in [5.41, 5.74) is 2.06. The molecule has 21 heavy (non-hydrogen) atoms. The van der Waals surface area contributed by atoms with Crippen molar-refractivity contribution < 1.29 is 8.81 Å². The third-order valence-electron chi connectivity index (χ3n) is 3.45. The maximum absolute atomic E-state index is 13.6. The minimum Gasteiger partial charge on any atom is -0.422 e. The van der Waals surface area contributed by atoms with Crippen molar-refractivity contribution in [2.24, 2.45) is 0 Å². The second-order valence-corrected chi connectivity index (χ2v) is 5.18. The Morgan fingerprint density at radius 1 is 1.14 bits per heavy atom. The molecule has 106 valence electrons. The molecule has 2 aromatic carbocycles. The van der Waals surface area contributed by atoms with Crippen molar-refractivity contribution in [3.8, 4) is 11.1 Å². The summed E-state index contributed by atoms with van der Waals surface area (Å²) >= 11 is 5.91. The number of hydrogen-bond donors (Lipinski definition) is 0. The highest BCUT2D eigenvalue weighted by Gasteiger charge is 2.15. The minimum absolute atomic E-state index is 0.367. The van der Waals surface area contributed by atoms with Crippen LogP contribution in [0.3, 0.4) is 0 Å². The molecule has 0 amide bonds. The molecular weight excluding hydrogens is 291 g/mol. The molecule has 0 atom stereocenters. The zero-order valence-corrected chi connectivity index (χ0v) is 12.1. The zero-order chi connectivity index (χ0) is 15.0. The van der Waals surface area contributed by atoms with E-state index in [1.165, 1.54) is 18.2 Å². The molecule has 0 bridgehead atoms. The van der Waals surface area contributed by atoms with Crippen LogP contribution in [0.5, 0.6) is 0 Å². The summed E-state index contributed by atoms with van der Waals surface area (Å²) in [7, 11) is 0. The molecule has 0 aliphatic heterocycles. The molecule has 0 fully saturated rings. The first-order valence-electron chi connectivity index (χ1n) is 6.61. The Labute approximate surface area is 125 Å². The zero-order valence-electron chi connectivity index (χ0n) is 11.3. The summed E-state index contributed by atoms with van der Waals surface area (Å²) in [6.45, 7) is 1.87. The molecule has 0 saturated carbocycles. The van der Waals surface area contributed by atoms with Crippen LogP contribution >= 0.6 is 11.6 Å². The highest BCUT2D eigenvalue weighted by Crippen LogP contribution is 2.31. The van der Waals surface area contributed by atoms with E-state index in [0.717, 1.165) is 5.56 Å². The van der Waals surface area contributed by atoms with Crippen LogP contribution in [0.1, 0.15) is 12.5 Å². The lowest BCUT2D eigenvalue weighted by atomic mass is 9.96. The van der Waals surface area contributed by atoms with Gasteiger partial charge < -0.3 is 4.42 Å². The molecule has 0 unspecified atom stereocenters. The van der Waals surface area contributed by atoms with Gasteiger partial charge in [0, 0.05) is 21.5 Å². The van der Waals surface area contributed by atoms with Crippen molar-refractivity contribution in [2.45, 2.75) is 13.3 Å². The van der Waals surface area contributed by atoms with Crippen LogP contribution in [0.25, 0.3) is 22.1 Å². The SMILES string of the molecule is CCc1c(-c2ccc(Cl)cc2)c2cc(F)ccc2oc1=O. The molecule has 0 radical (unpaired) electrons. The Morgan fingerprint density at radius 3 is 2.52 bits per heavy atom. The molecular formula is C17H12ClFO2. The molecule has 2 nitrogen and oxygen atoms in total. The lowest BCUT2D eigenvalue weighted by Crippen LogP contribution is -2.09. The molecule has 3 rings (SSSR count). The van der Waals surface area contributed by atoms with E-state index in [1.54, 1.807) is 12.1 Å². The third-order valence-corrected chi connectivity index (χ3v) is 3.70. The van der Waals surface area contributed by atoms with Crippen molar-refractivity contribution in [1.29, 1.82) is 0 Å². The van der Waals surface area contributed by atoms with Gasteiger partial charge in [-0.15, -0.1) is 0 Å². The summed E-state index contributed by atoms with van der Waals surface area (Å²) < 4.78 is 18.9. The van der Waals surface area contributed by atoms with E-state index in [2.05, 4.69) is 0 Å². The first-order chi connectivity index (χ1) is 10.1. The van der Waals surface area contributed by atoms with Gasteiger partial charge in [-0.2, -0.15) is 0 Å². The van der Waals surface area contributed by atoms with E-state index >= 15 is 0 Å². The Balaban J connectivity index is 2.44. The molecule has 3 aromatic rings. The van der Waals surface area contributed by atoms with E-state index in [1.807, 2.05) is 19.1 Å². The van der Waals surface area contributed by atoms with Crippen molar-refractivity contribution in [3.05, 3.63) is 69.3 Å². The van der Waals surface area contributed by atoms with Crippen LogP contribution in [-0.2, 0) is 6.42 Å². The number of halogens is 2. The molecule has 0 aliphatic carbocycles. The van der Waals surface area contributed by atoms with Crippen LogP contribution < -0.4 is 5.63 Å². The number of fused-ring (bicyclic) bond motifs is 1. The van der Waals surface area contributed by atoms with Gasteiger partial charge in [0.05, 0.1) is 0 Å². The fourth-order valence-electron chi connectivity index (χ4n) is 2.48. The summed E-state index contributed by atoms with van der Waals surface area (Å²) in [4.78, 5) is 12.1. The topological polar surface area (TPSA) is 30.2 Å². The predicted octanol–water partition coefficient (Wildman–Crippen LogP) is 4.81. The lowest BCUT2D eigenvalue weighted by Gasteiger charge is -2.11. The van der Waals surface area contributed by atoms with Gasteiger partial charge in [-0.1, -0.05) is 30.7 Å². The first kappa shape index (κ1) is 13.8. The van der Waals surface area contributed by atoms with Gasteiger partial charge in [-0.3, -0.25) is 0 Å². The maximum Gasteiger partial charge on any atom is 0.340 e. The van der Waals surface area contributed by atoms with Gasteiger partial charge in [-0.05, 0) is 42.3 Å². The standard InChI is InChI=1S/C17H12ClFO2/c1-2-13-16(10-3-5-11(18)6-4-10)14-9-12(19)7-8-15(14)21-17(13)20/h3-9H,2H2,1H3. The molecule has 0 saturated heterocycles. The second-order valence-electron chi connectivity index (χ2n) is 4.74. The quantitative estimate of drug-likeness (QED) is 0.636. The Bertz CT molecular complexity index is 866. The Morgan fingerprint density at radius 2 is 1.86 bits per heavy atom. The van der Waals surface area contributed by atoms with Gasteiger partial charge in [0.2, 0.25) is 0 Å². The van der Waals surface area contributed by atoms with Crippen LogP contribution in [0.2, 0.25) is 5.02 Å². The molecule has 4 heteroatoms. The molecule has 0 N–H and O–H groups in total. The molecule has 0 aliphatic rings. The average Bonchev–Trinajstić information content (AvgIpc) is 2.47. The maximum atomic E-state index is 13.6. The molecule has 0 spiro atoms. The highest BCUT2D eigenvalue weighted by molar-refractivity contribution is 6.30. The normalized spacial score (nSPS) is 11.0. The van der Waals surface area contributed by atoms with Crippen LogP contribution in [0.15, 0.2) is 51.7 Å². The Kier molecular flexibility index (Phi) is 3.52. The minimum atomic E-state index is -0.387. The van der Waals surface area contributed by atoms with Gasteiger partial charge in [0.1, 0.15) is 11.4 Å². The highest BCUT2D eigenvalue weighted by atomic mass is 35.5. The van der Waals surface area contributed by atoms with E-state index in [-0.39, 0.29) is 11.4 Å². The van der Waals surface area contributed by atoms with Gasteiger partial charge in [0.15, 0.2) is 0 Å². The predicted molar refractivity (Wildman–Crippen MR) is 82.3 cm³/mol. The fourth-order valence-corrected chi connectivity index (χ4v) is 2.61. The van der Waals surface area contributed by atoms with Crippen LogP contribution in [0, 0.1) is 5.82 Å². The molecule has 1 aromatic heterocycles. The van der Waals surface area contributed by atoms with Crippen molar-refractivity contribution in [1.82, 2.24) is 0 Å². The number of benzene rings is 2. The van der Waals surface area contributed by atoms with Crippen molar-refractivity contribution in [3.63, 3.8) is 0 Å². The number of rotatable bonds is 2. The van der Waals surface area contributed by atoms with Crippen LogP contribution in [-0.4, -0.2) is 0 Å². The second kappa shape index (κ2) is 5.34. The van der Waals surface area contributed by atoms with E-state index < -0.39 is 0 Å². The van der Waals surface area contributed by atoms with Gasteiger partial charge in [0.25, 0.3) is 0 Å². The summed E-state index contributed by atoms with van der Waals surface area (Å²) in [5, 5.41) is 1.20. The Hall–Kier alpha value is -2.13. The van der Waals surface area contributed by atoms with Crippen molar-refractivity contribution in [2.75, 3.05) is 0 Å². The average molecular weight is 303 g/mol. The van der Waals surface area contributed by atoms with E-state index in [4.69, 9.17) is 16.0 Å². The molecule has 1 heterocycles. The monoisotopic (exact) mass is 302 g/mol. The summed E-state index contributed by atoms with van der Waals surface area (Å²) in [6.07, 6.45) is 0.507. The van der Waals surface area contributed by atoms with Gasteiger partial charge in [-0.25, -0.2) is 9.18 Å². The summed E-state index contributed by atoms with van der Waals surface area (Å²) in [5.74, 6) is -0.367. The largest absolute Gasteiger partial charge is 0.422 e. The smallest absolute Gasteiger partial charge is 0.340 e. The van der Waals surface area contributed by atoms with Crippen molar-refractivity contribution >= 4 is 22.6 Å². The van der Waals surface area contributed by atoms with E-state index in [0.29, 0.717) is 33.5 Å². The summed E-state index contributed by atoms with van der Waals surface area (Å²) in [6, 6.07) is 11.3. The lowest BCUT2D eigenvalue weighted by molar-refractivity contribution is 0.550. The van der Waals surface area contributed by atoms with Crippen LogP contribution in [0.4, 0.5) is 4.39 Å². The van der Waals surface area contributed by atoms with Gasteiger partial charge >= 0.3 is 5.63 Å². The third kappa shape index (κ3) is 2.45.